The average Bonchev–Trinajstić information content (AvgIpc) is 3.11. The average molecular weight is 368 g/mol. The fraction of sp³-hybridized carbons (Fsp3) is 0.778. The van der Waals surface area contributed by atoms with Crippen molar-refractivity contribution in [1.82, 2.24) is 19.6 Å². The van der Waals surface area contributed by atoms with Gasteiger partial charge in [-0.05, 0) is 18.9 Å². The summed E-state index contributed by atoms with van der Waals surface area (Å²) in [5.41, 5.74) is 1.12. The van der Waals surface area contributed by atoms with Gasteiger partial charge < -0.3 is 9.64 Å². The minimum absolute atomic E-state index is 0.0356. The fourth-order valence-electron chi connectivity index (χ4n) is 4.31. The lowest BCUT2D eigenvalue weighted by molar-refractivity contribution is -0.138. The van der Waals surface area contributed by atoms with Crippen LogP contribution >= 0.6 is 0 Å². The molecule has 0 N–H and O–H groups in total. The van der Waals surface area contributed by atoms with Crippen molar-refractivity contribution >= 4 is 5.91 Å². The number of nitrogens with zero attached hydrogens (tertiary/aromatic N) is 4. The van der Waals surface area contributed by atoms with Gasteiger partial charge in [0.2, 0.25) is 5.91 Å². The van der Waals surface area contributed by atoms with Crippen LogP contribution in [0.3, 0.4) is 0 Å². The summed E-state index contributed by atoms with van der Waals surface area (Å²) in [6, 6.07) is 2.44. The van der Waals surface area contributed by atoms with E-state index in [1.165, 1.54) is 0 Å². The molecule has 3 aliphatic rings. The number of ether oxygens (including phenoxy) is 1. The van der Waals surface area contributed by atoms with E-state index in [-0.39, 0.29) is 37.9 Å². The smallest absolute Gasteiger partial charge is 0.251 e. The van der Waals surface area contributed by atoms with Crippen LogP contribution in [0.25, 0.3) is 0 Å². The SMILES string of the molecule is O=C(C[C@H]1CN(C2CCOCC2)Cc2ccnn21)N1CCC(F)(F)CC1. The molecule has 0 saturated carbocycles. The highest BCUT2D eigenvalue weighted by atomic mass is 19.3. The van der Waals surface area contributed by atoms with Gasteiger partial charge in [0, 0.05) is 64.5 Å². The van der Waals surface area contributed by atoms with Crippen molar-refractivity contribution in [3.63, 3.8) is 0 Å². The topological polar surface area (TPSA) is 50.6 Å². The molecule has 0 aliphatic carbocycles. The molecule has 8 heteroatoms. The molecule has 26 heavy (non-hydrogen) atoms. The van der Waals surface area contributed by atoms with Crippen molar-refractivity contribution in [3.05, 3.63) is 18.0 Å². The molecule has 1 aromatic rings. The lowest BCUT2D eigenvalue weighted by Crippen LogP contribution is -2.48. The Labute approximate surface area is 152 Å². The number of halogens is 2. The van der Waals surface area contributed by atoms with Gasteiger partial charge in [-0.1, -0.05) is 0 Å². The van der Waals surface area contributed by atoms with Crippen LogP contribution < -0.4 is 0 Å². The van der Waals surface area contributed by atoms with Crippen molar-refractivity contribution in [2.75, 3.05) is 32.8 Å². The first-order chi connectivity index (χ1) is 12.5. The minimum Gasteiger partial charge on any atom is -0.381 e. The van der Waals surface area contributed by atoms with Gasteiger partial charge in [0.1, 0.15) is 0 Å². The molecular formula is C18H26F2N4O2. The third-order valence-electron chi connectivity index (χ3n) is 5.87. The Bertz CT molecular complexity index is 635. The predicted octanol–water partition coefficient (Wildman–Crippen LogP) is 2.07. The third kappa shape index (κ3) is 3.76. The van der Waals surface area contributed by atoms with E-state index in [0.717, 1.165) is 44.8 Å². The van der Waals surface area contributed by atoms with Gasteiger partial charge in [-0.2, -0.15) is 5.10 Å². The van der Waals surface area contributed by atoms with Gasteiger partial charge in [0.25, 0.3) is 5.92 Å². The fourth-order valence-corrected chi connectivity index (χ4v) is 4.31. The molecule has 4 rings (SSSR count). The maximum atomic E-state index is 13.3. The van der Waals surface area contributed by atoms with Crippen LogP contribution in [-0.4, -0.2) is 70.3 Å². The van der Waals surface area contributed by atoms with E-state index in [1.54, 1.807) is 11.1 Å². The number of carbonyl (C=O) groups excluding carboxylic acids is 1. The number of piperidine rings is 1. The Hall–Kier alpha value is -1.54. The molecule has 1 aromatic heterocycles. The standard InChI is InChI=1S/C18H26F2N4O2/c19-18(20)4-7-22(8-5-18)17(25)11-16-13-23(14-2-9-26-10-3-14)12-15-1-6-21-24(15)16/h1,6,14,16H,2-5,7-13H2/t16-/m0/s1. The summed E-state index contributed by atoms with van der Waals surface area (Å²) in [6.45, 7) is 3.47. The van der Waals surface area contributed by atoms with Crippen molar-refractivity contribution in [2.45, 2.75) is 56.7 Å². The first kappa shape index (κ1) is 17.9. The van der Waals surface area contributed by atoms with Crippen LogP contribution in [-0.2, 0) is 16.1 Å². The Morgan fingerprint density at radius 2 is 2.00 bits per heavy atom. The van der Waals surface area contributed by atoms with E-state index in [2.05, 4.69) is 10.00 Å². The highest BCUT2D eigenvalue weighted by Gasteiger charge is 2.37. The number of fused-ring (bicyclic) bond motifs is 1. The minimum atomic E-state index is -2.63. The zero-order chi connectivity index (χ0) is 18.1. The van der Waals surface area contributed by atoms with E-state index >= 15 is 0 Å². The second-order valence-electron chi connectivity index (χ2n) is 7.63. The summed E-state index contributed by atoms with van der Waals surface area (Å²) in [5, 5.41) is 4.41. The van der Waals surface area contributed by atoms with E-state index in [1.807, 2.05) is 10.7 Å². The van der Waals surface area contributed by atoms with Gasteiger partial charge in [0.05, 0.1) is 18.2 Å². The molecule has 0 unspecified atom stereocenters. The molecule has 0 aromatic carbocycles. The summed E-state index contributed by atoms with van der Waals surface area (Å²) in [4.78, 5) is 16.7. The maximum absolute atomic E-state index is 13.3. The van der Waals surface area contributed by atoms with Crippen LogP contribution in [0, 0.1) is 0 Å². The molecule has 144 valence electrons. The second-order valence-corrected chi connectivity index (χ2v) is 7.63. The first-order valence-corrected chi connectivity index (χ1v) is 9.52. The summed E-state index contributed by atoms with van der Waals surface area (Å²) in [5.74, 6) is -2.67. The largest absolute Gasteiger partial charge is 0.381 e. The number of hydrogen-bond donors (Lipinski definition) is 0. The number of amides is 1. The van der Waals surface area contributed by atoms with Crippen molar-refractivity contribution < 1.29 is 18.3 Å². The number of rotatable bonds is 3. The number of aromatic nitrogens is 2. The first-order valence-electron chi connectivity index (χ1n) is 9.52. The quantitative estimate of drug-likeness (QED) is 0.820. The normalized spacial score (nSPS) is 27.3. The number of hydrogen-bond acceptors (Lipinski definition) is 4. The van der Waals surface area contributed by atoms with Crippen molar-refractivity contribution in [1.29, 1.82) is 0 Å². The number of alkyl halides is 2. The summed E-state index contributed by atoms with van der Waals surface area (Å²) < 4.78 is 34.1. The molecule has 2 fully saturated rings. The lowest BCUT2D eigenvalue weighted by Gasteiger charge is -2.40. The van der Waals surface area contributed by atoms with Crippen LogP contribution in [0.4, 0.5) is 8.78 Å². The van der Waals surface area contributed by atoms with E-state index in [0.29, 0.717) is 12.5 Å². The predicted molar refractivity (Wildman–Crippen MR) is 90.9 cm³/mol. The summed E-state index contributed by atoms with van der Waals surface area (Å²) in [6.07, 6.45) is 3.66. The monoisotopic (exact) mass is 368 g/mol. The number of likely N-dealkylation sites (tertiary alicyclic amines) is 1. The summed E-state index contributed by atoms with van der Waals surface area (Å²) >= 11 is 0. The van der Waals surface area contributed by atoms with E-state index in [9.17, 15) is 13.6 Å². The van der Waals surface area contributed by atoms with Gasteiger partial charge in [0.15, 0.2) is 0 Å². The molecule has 6 nitrogen and oxygen atoms in total. The maximum Gasteiger partial charge on any atom is 0.251 e. The van der Waals surface area contributed by atoms with Crippen molar-refractivity contribution in [3.8, 4) is 0 Å². The Balaban J connectivity index is 1.42. The molecule has 3 aliphatic heterocycles. The van der Waals surface area contributed by atoms with Crippen LogP contribution in [0.2, 0.25) is 0 Å². The Morgan fingerprint density at radius 1 is 1.27 bits per heavy atom. The van der Waals surface area contributed by atoms with Gasteiger partial charge in [-0.25, -0.2) is 8.78 Å². The molecule has 0 bridgehead atoms. The second kappa shape index (κ2) is 7.23. The Morgan fingerprint density at radius 3 is 2.73 bits per heavy atom. The highest BCUT2D eigenvalue weighted by molar-refractivity contribution is 5.76. The molecule has 0 spiro atoms. The zero-order valence-corrected chi connectivity index (χ0v) is 14.9. The summed E-state index contributed by atoms with van der Waals surface area (Å²) in [7, 11) is 0. The highest BCUT2D eigenvalue weighted by Crippen LogP contribution is 2.31. The lowest BCUT2D eigenvalue weighted by atomic mass is 10.0. The van der Waals surface area contributed by atoms with Crippen LogP contribution in [0.15, 0.2) is 12.3 Å². The molecule has 1 atom stereocenters. The zero-order valence-electron chi connectivity index (χ0n) is 14.9. The van der Waals surface area contributed by atoms with Gasteiger partial charge >= 0.3 is 0 Å². The molecular weight excluding hydrogens is 342 g/mol. The molecule has 2 saturated heterocycles. The molecule has 1 amide bonds. The van der Waals surface area contributed by atoms with Gasteiger partial charge in [-0.15, -0.1) is 0 Å². The molecule has 4 heterocycles. The van der Waals surface area contributed by atoms with Crippen LogP contribution in [0.1, 0.15) is 43.8 Å². The number of carbonyl (C=O) groups is 1. The third-order valence-corrected chi connectivity index (χ3v) is 5.87. The Kier molecular flexibility index (Phi) is 4.96. The molecule has 0 radical (unpaired) electrons. The van der Waals surface area contributed by atoms with E-state index < -0.39 is 5.92 Å². The van der Waals surface area contributed by atoms with Crippen molar-refractivity contribution in [2.24, 2.45) is 0 Å². The van der Waals surface area contributed by atoms with Crippen LogP contribution in [0.5, 0.6) is 0 Å². The van der Waals surface area contributed by atoms with E-state index in [4.69, 9.17) is 4.74 Å². The van der Waals surface area contributed by atoms with Gasteiger partial charge in [-0.3, -0.25) is 14.4 Å².